The van der Waals surface area contributed by atoms with E-state index in [1.807, 2.05) is 0 Å². The summed E-state index contributed by atoms with van der Waals surface area (Å²) >= 11 is 4.74. The molecule has 12 heteroatoms. The highest BCUT2D eigenvalue weighted by Gasteiger charge is 2.30. The number of carbonyl (C=O) groups excluding carboxylic acids is 2. The third-order valence-corrected chi connectivity index (χ3v) is 2.86. The Hall–Kier alpha value is -2.37. The Labute approximate surface area is 148 Å². The van der Waals surface area contributed by atoms with Crippen molar-refractivity contribution in [1.82, 2.24) is 5.32 Å². The second-order valence-electron chi connectivity index (χ2n) is 4.86. The molecule has 1 aromatic carbocycles. The average Bonchev–Trinajstić information content (AvgIpc) is 2.49. The van der Waals surface area contributed by atoms with Crippen LogP contribution in [0.2, 0.25) is 0 Å². The number of amides is 1. The predicted molar refractivity (Wildman–Crippen MR) is 82.1 cm³/mol. The number of nitrogens with one attached hydrogen (secondary N) is 2. The van der Waals surface area contributed by atoms with Gasteiger partial charge in [-0.15, -0.1) is 0 Å². The van der Waals surface area contributed by atoms with Gasteiger partial charge in [0.25, 0.3) is 0 Å². The first kappa shape index (κ1) is 21.7. The summed E-state index contributed by atoms with van der Waals surface area (Å²) < 4.78 is 77.2. The third kappa shape index (κ3) is 8.65. The van der Waals surface area contributed by atoms with E-state index < -0.39 is 49.2 Å². The van der Waals surface area contributed by atoms with Crippen LogP contribution in [0.15, 0.2) is 24.3 Å². The van der Waals surface area contributed by atoms with Crippen molar-refractivity contribution in [3.63, 3.8) is 0 Å². The Kier molecular flexibility index (Phi) is 7.36. The molecule has 1 amide bonds. The van der Waals surface area contributed by atoms with E-state index in [0.29, 0.717) is 0 Å². The van der Waals surface area contributed by atoms with E-state index in [1.165, 1.54) is 6.07 Å². The molecule has 5 nitrogen and oxygen atoms in total. The summed E-state index contributed by atoms with van der Waals surface area (Å²) in [6, 6.07) is 4.03. The van der Waals surface area contributed by atoms with Gasteiger partial charge in [-0.3, -0.25) is 9.59 Å². The lowest BCUT2D eigenvalue weighted by molar-refractivity contribution is -0.186. The predicted octanol–water partition coefficient (Wildman–Crippen LogP) is 3.40. The molecular weight excluding hydrogens is 390 g/mol. The minimum atomic E-state index is -4.67. The number of hydrogen-bond acceptors (Lipinski definition) is 4. The van der Waals surface area contributed by atoms with Crippen LogP contribution in [0.4, 0.5) is 32.0 Å². The molecule has 0 atom stereocenters. The summed E-state index contributed by atoms with van der Waals surface area (Å²) in [5.74, 6) is -2.05. The van der Waals surface area contributed by atoms with E-state index in [-0.39, 0.29) is 10.8 Å². The van der Waals surface area contributed by atoms with Crippen LogP contribution in [0.25, 0.3) is 0 Å². The van der Waals surface area contributed by atoms with Gasteiger partial charge in [-0.1, -0.05) is 6.07 Å². The lowest BCUT2D eigenvalue weighted by atomic mass is 10.2. The molecule has 0 heterocycles. The van der Waals surface area contributed by atoms with Crippen molar-refractivity contribution in [2.75, 3.05) is 11.9 Å². The number of thiocarbonyl (C=S) groups is 1. The summed E-state index contributed by atoms with van der Waals surface area (Å²) in [5, 5.41) is 4.10. The van der Waals surface area contributed by atoms with Crippen molar-refractivity contribution in [3.05, 3.63) is 29.8 Å². The molecule has 0 aliphatic rings. The number of hydrogen-bond donors (Lipinski definition) is 2. The van der Waals surface area contributed by atoms with Crippen molar-refractivity contribution >= 4 is 34.9 Å². The Balaban J connectivity index is 2.43. The van der Waals surface area contributed by atoms with E-state index in [4.69, 9.17) is 12.2 Å². The zero-order chi connectivity index (χ0) is 20.0. The van der Waals surface area contributed by atoms with Crippen LogP contribution in [0, 0.1) is 0 Å². The zero-order valence-corrected chi connectivity index (χ0v) is 13.6. The monoisotopic (exact) mass is 402 g/mol. The molecule has 0 radical (unpaired) electrons. The molecule has 0 unspecified atom stereocenters. The summed E-state index contributed by atoms with van der Waals surface area (Å²) in [6.45, 7) is -1.76. The summed E-state index contributed by atoms with van der Waals surface area (Å²) in [7, 11) is 0. The molecule has 1 rings (SSSR count). The summed E-state index contributed by atoms with van der Waals surface area (Å²) in [6.07, 6.45) is -10.4. The van der Waals surface area contributed by atoms with Gasteiger partial charge in [0, 0.05) is 12.1 Å². The Bertz CT molecular complexity index is 675. The zero-order valence-electron chi connectivity index (χ0n) is 12.8. The second kappa shape index (κ2) is 8.83. The number of alkyl halides is 6. The van der Waals surface area contributed by atoms with Gasteiger partial charge >= 0.3 is 18.3 Å². The second-order valence-corrected chi connectivity index (χ2v) is 5.26. The number of halogens is 6. The lowest BCUT2D eigenvalue weighted by Gasteiger charge is -2.12. The molecule has 2 N–H and O–H groups in total. The van der Waals surface area contributed by atoms with E-state index in [0.717, 1.165) is 18.2 Å². The molecule has 0 aliphatic heterocycles. The van der Waals surface area contributed by atoms with Gasteiger partial charge in [-0.2, -0.15) is 26.3 Å². The van der Waals surface area contributed by atoms with E-state index in [9.17, 15) is 35.9 Å². The fraction of sp³-hybridized carbons (Fsp3) is 0.357. The lowest BCUT2D eigenvalue weighted by Crippen LogP contribution is -2.34. The highest BCUT2D eigenvalue weighted by molar-refractivity contribution is 7.80. The number of carbonyl (C=O) groups is 2. The van der Waals surface area contributed by atoms with Crippen LogP contribution in [0.5, 0.6) is 0 Å². The van der Waals surface area contributed by atoms with E-state index >= 15 is 0 Å². The van der Waals surface area contributed by atoms with Crippen molar-refractivity contribution in [3.8, 4) is 0 Å². The average molecular weight is 402 g/mol. The largest absolute Gasteiger partial charge is 0.456 e. The maximum absolute atomic E-state index is 12.6. The molecule has 0 spiro atoms. The first-order valence-electron chi connectivity index (χ1n) is 6.87. The molecule has 0 aromatic heterocycles. The van der Waals surface area contributed by atoms with Crippen LogP contribution in [-0.4, -0.2) is 29.8 Å². The Morgan fingerprint density at radius 1 is 1.08 bits per heavy atom. The SMILES string of the molecule is O=C(CCC(=O)OCC(F)(F)F)NC(=S)Nc1cccc(C(F)(F)F)c1. The number of ether oxygens (including phenoxy) is 1. The normalized spacial score (nSPS) is 11.6. The topological polar surface area (TPSA) is 67.4 Å². The first-order valence-corrected chi connectivity index (χ1v) is 7.28. The summed E-state index contributed by atoms with van der Waals surface area (Å²) in [4.78, 5) is 22.6. The van der Waals surface area contributed by atoms with Gasteiger partial charge in [-0.25, -0.2) is 0 Å². The standard InChI is InChI=1S/C14H12F6N2O3S/c15-13(16,17)7-25-11(24)5-4-10(23)22-12(26)21-9-3-1-2-8(6-9)14(18,19)20/h1-3,6H,4-5,7H2,(H2,21,22,23,26). The fourth-order valence-electron chi connectivity index (χ4n) is 1.57. The van der Waals surface area contributed by atoms with Gasteiger partial charge in [0.15, 0.2) is 11.7 Å². The van der Waals surface area contributed by atoms with Crippen LogP contribution >= 0.6 is 12.2 Å². The first-order chi connectivity index (χ1) is 11.9. The molecule has 26 heavy (non-hydrogen) atoms. The van der Waals surface area contributed by atoms with Crippen molar-refractivity contribution in [2.24, 2.45) is 0 Å². The van der Waals surface area contributed by atoms with Crippen molar-refractivity contribution < 1.29 is 40.7 Å². The third-order valence-electron chi connectivity index (χ3n) is 2.65. The van der Waals surface area contributed by atoms with Gasteiger partial charge in [-0.05, 0) is 30.4 Å². The Morgan fingerprint density at radius 2 is 1.73 bits per heavy atom. The van der Waals surface area contributed by atoms with Crippen LogP contribution in [0.3, 0.4) is 0 Å². The number of benzene rings is 1. The molecule has 0 aliphatic carbocycles. The minimum absolute atomic E-state index is 0.0327. The molecule has 0 fully saturated rings. The van der Waals surface area contributed by atoms with Crippen molar-refractivity contribution in [1.29, 1.82) is 0 Å². The molecule has 144 valence electrons. The Morgan fingerprint density at radius 3 is 2.31 bits per heavy atom. The fourth-order valence-corrected chi connectivity index (χ4v) is 1.81. The van der Waals surface area contributed by atoms with E-state index in [2.05, 4.69) is 15.4 Å². The van der Waals surface area contributed by atoms with Crippen LogP contribution in [0.1, 0.15) is 18.4 Å². The number of anilines is 1. The van der Waals surface area contributed by atoms with Crippen LogP contribution in [-0.2, 0) is 20.5 Å². The highest BCUT2D eigenvalue weighted by atomic mass is 32.1. The molecule has 0 bridgehead atoms. The number of rotatable bonds is 5. The van der Waals surface area contributed by atoms with Crippen molar-refractivity contribution in [2.45, 2.75) is 25.2 Å². The van der Waals surface area contributed by atoms with Gasteiger partial charge in [0.1, 0.15) is 0 Å². The van der Waals surface area contributed by atoms with E-state index in [1.54, 1.807) is 0 Å². The molecule has 0 saturated heterocycles. The summed E-state index contributed by atoms with van der Waals surface area (Å²) in [5.41, 5.74) is -0.959. The quantitative estimate of drug-likeness (QED) is 0.449. The highest BCUT2D eigenvalue weighted by Crippen LogP contribution is 2.30. The van der Waals surface area contributed by atoms with Gasteiger partial charge < -0.3 is 15.4 Å². The smallest absolute Gasteiger partial charge is 0.422 e. The van der Waals surface area contributed by atoms with Gasteiger partial charge in [0.05, 0.1) is 12.0 Å². The van der Waals surface area contributed by atoms with Gasteiger partial charge in [0.2, 0.25) is 5.91 Å². The molecule has 0 saturated carbocycles. The van der Waals surface area contributed by atoms with Crippen LogP contribution < -0.4 is 10.6 Å². The molecule has 1 aromatic rings. The maximum atomic E-state index is 12.6. The minimum Gasteiger partial charge on any atom is -0.456 e. The number of esters is 1. The molecular formula is C14H12F6N2O3S. The maximum Gasteiger partial charge on any atom is 0.422 e.